The predicted octanol–water partition coefficient (Wildman–Crippen LogP) is 9.84. The lowest BCUT2D eigenvalue weighted by molar-refractivity contribution is -0.123. The number of hydrogen-bond acceptors (Lipinski definition) is 3. The molecule has 0 bridgehead atoms. The number of carbonyl (C=O) groups excluding carboxylic acids is 1. The summed E-state index contributed by atoms with van der Waals surface area (Å²) in [5.41, 5.74) is 0. The zero-order valence-corrected chi connectivity index (χ0v) is 26.8. The summed E-state index contributed by atoms with van der Waals surface area (Å²) in [4.78, 5) is 12.3. The molecule has 0 fully saturated rings. The maximum Gasteiger partial charge on any atom is 0.220 e. The molecule has 0 spiro atoms. The molecule has 1 amide bonds. The van der Waals surface area contributed by atoms with Crippen LogP contribution in [0.2, 0.25) is 0 Å². The van der Waals surface area contributed by atoms with Crippen molar-refractivity contribution in [1.29, 1.82) is 0 Å². The van der Waals surface area contributed by atoms with Crippen LogP contribution in [0.15, 0.2) is 60.8 Å². The number of unbranched alkanes of at least 4 members (excludes halogenated alkanes) is 14. The van der Waals surface area contributed by atoms with Gasteiger partial charge < -0.3 is 15.5 Å². The van der Waals surface area contributed by atoms with E-state index in [4.69, 9.17) is 0 Å². The van der Waals surface area contributed by atoms with E-state index in [9.17, 15) is 15.0 Å². The van der Waals surface area contributed by atoms with Gasteiger partial charge in [0.15, 0.2) is 0 Å². The quantitative estimate of drug-likeness (QED) is 0.0618. The van der Waals surface area contributed by atoms with Gasteiger partial charge in [0, 0.05) is 6.42 Å². The van der Waals surface area contributed by atoms with Crippen molar-refractivity contribution >= 4 is 5.91 Å². The van der Waals surface area contributed by atoms with Crippen molar-refractivity contribution in [2.75, 3.05) is 6.61 Å². The Morgan fingerprint density at radius 3 is 1.66 bits per heavy atom. The second kappa shape index (κ2) is 32.6. The van der Waals surface area contributed by atoms with Crippen molar-refractivity contribution in [3.05, 3.63) is 60.8 Å². The minimum atomic E-state index is -0.870. The molecule has 4 heteroatoms. The van der Waals surface area contributed by atoms with Crippen molar-refractivity contribution in [2.24, 2.45) is 0 Å². The summed E-state index contributed by atoms with van der Waals surface area (Å²) >= 11 is 0. The lowest BCUT2D eigenvalue weighted by Gasteiger charge is -2.19. The first-order chi connectivity index (χ1) is 20.2. The molecule has 2 atom stereocenters. The third-order valence-corrected chi connectivity index (χ3v) is 7.21. The summed E-state index contributed by atoms with van der Waals surface area (Å²) < 4.78 is 0. The van der Waals surface area contributed by atoms with Crippen LogP contribution in [-0.2, 0) is 4.79 Å². The first kappa shape index (κ1) is 39.1. The highest BCUT2D eigenvalue weighted by molar-refractivity contribution is 5.76. The molecule has 41 heavy (non-hydrogen) atoms. The first-order valence-electron chi connectivity index (χ1n) is 17.0. The van der Waals surface area contributed by atoms with Crippen molar-refractivity contribution in [1.82, 2.24) is 5.32 Å². The van der Waals surface area contributed by atoms with E-state index in [1.54, 1.807) is 6.08 Å². The molecule has 0 aromatic rings. The number of rotatable bonds is 29. The second-order valence-corrected chi connectivity index (χ2v) is 11.2. The number of nitrogens with one attached hydrogen (secondary N) is 1. The Bertz CT molecular complexity index is 707. The molecule has 0 aliphatic rings. The monoisotopic (exact) mass is 571 g/mol. The number of aliphatic hydroxyl groups excluding tert-OH is 2. The van der Waals surface area contributed by atoms with Crippen LogP contribution >= 0.6 is 0 Å². The maximum absolute atomic E-state index is 12.3. The van der Waals surface area contributed by atoms with Gasteiger partial charge in [-0.05, 0) is 70.6 Å². The number of carbonyl (C=O) groups is 1. The molecule has 0 aromatic heterocycles. The van der Waals surface area contributed by atoms with Crippen LogP contribution in [0, 0.1) is 0 Å². The standard InChI is InChI=1S/C37H65NO3/c1-3-5-7-9-11-13-15-16-17-18-19-20-21-22-23-25-27-29-31-33-37(41)38-35(34-39)36(40)32-30-28-26-24-14-12-10-8-6-4-2/h6,8,11,13-14,16-17,24,30,32,35-36,39-40H,3-5,7,9-10,12,15,18-23,25-29,31,33-34H2,1-2H3,(H,38,41)/b8-6+,13-11-,17-16-,24-14+,32-30+. The van der Waals surface area contributed by atoms with E-state index in [0.717, 1.165) is 51.4 Å². The van der Waals surface area contributed by atoms with Gasteiger partial charge in [-0.3, -0.25) is 4.79 Å². The Morgan fingerprint density at radius 1 is 0.610 bits per heavy atom. The molecule has 0 saturated heterocycles. The second-order valence-electron chi connectivity index (χ2n) is 11.2. The molecule has 0 aliphatic heterocycles. The van der Waals surface area contributed by atoms with Gasteiger partial charge in [0.05, 0.1) is 18.8 Å². The Labute approximate surface area is 254 Å². The minimum Gasteiger partial charge on any atom is -0.394 e. The topological polar surface area (TPSA) is 69.6 Å². The van der Waals surface area contributed by atoms with Crippen LogP contribution in [0.3, 0.4) is 0 Å². The Hall–Kier alpha value is -1.91. The van der Waals surface area contributed by atoms with Crippen molar-refractivity contribution in [3.63, 3.8) is 0 Å². The van der Waals surface area contributed by atoms with Crippen LogP contribution in [0.5, 0.6) is 0 Å². The van der Waals surface area contributed by atoms with Crippen molar-refractivity contribution in [2.45, 2.75) is 161 Å². The van der Waals surface area contributed by atoms with E-state index < -0.39 is 12.1 Å². The van der Waals surface area contributed by atoms with Gasteiger partial charge in [-0.2, -0.15) is 0 Å². The van der Waals surface area contributed by atoms with Gasteiger partial charge in [-0.25, -0.2) is 0 Å². The molecule has 236 valence electrons. The fraction of sp³-hybridized carbons (Fsp3) is 0.703. The Morgan fingerprint density at radius 2 is 1.10 bits per heavy atom. The van der Waals surface area contributed by atoms with Gasteiger partial charge in [-0.15, -0.1) is 0 Å². The Balaban J connectivity index is 3.67. The van der Waals surface area contributed by atoms with Gasteiger partial charge in [0.2, 0.25) is 5.91 Å². The fourth-order valence-electron chi connectivity index (χ4n) is 4.60. The van der Waals surface area contributed by atoms with Crippen LogP contribution in [0.4, 0.5) is 0 Å². The third kappa shape index (κ3) is 29.4. The van der Waals surface area contributed by atoms with Gasteiger partial charge in [-0.1, -0.05) is 132 Å². The van der Waals surface area contributed by atoms with Crippen molar-refractivity contribution < 1.29 is 15.0 Å². The molecular formula is C37H65NO3. The summed E-state index contributed by atoms with van der Waals surface area (Å²) in [5.74, 6) is -0.0893. The molecule has 0 heterocycles. The summed E-state index contributed by atoms with van der Waals surface area (Å²) in [6, 6.07) is -0.646. The van der Waals surface area contributed by atoms with Crippen LogP contribution in [0.25, 0.3) is 0 Å². The maximum atomic E-state index is 12.3. The summed E-state index contributed by atoms with van der Waals surface area (Å²) in [6.07, 6.45) is 44.5. The number of hydrogen-bond donors (Lipinski definition) is 3. The molecule has 0 rings (SSSR count). The lowest BCUT2D eigenvalue weighted by Crippen LogP contribution is -2.45. The highest BCUT2D eigenvalue weighted by Crippen LogP contribution is 2.12. The zero-order valence-electron chi connectivity index (χ0n) is 26.8. The van der Waals surface area contributed by atoms with E-state index in [1.807, 2.05) is 6.08 Å². The molecule has 0 aromatic carbocycles. The van der Waals surface area contributed by atoms with Crippen LogP contribution < -0.4 is 5.32 Å². The number of amides is 1. The molecule has 2 unspecified atom stereocenters. The number of allylic oxidation sites excluding steroid dienone is 9. The third-order valence-electron chi connectivity index (χ3n) is 7.21. The van der Waals surface area contributed by atoms with Crippen molar-refractivity contribution in [3.8, 4) is 0 Å². The van der Waals surface area contributed by atoms with E-state index in [-0.39, 0.29) is 12.5 Å². The van der Waals surface area contributed by atoms with Crippen LogP contribution in [0.1, 0.15) is 149 Å². The Kier molecular flexibility index (Phi) is 31.1. The van der Waals surface area contributed by atoms with Gasteiger partial charge in [0.25, 0.3) is 0 Å². The molecular weight excluding hydrogens is 506 g/mol. The van der Waals surface area contributed by atoms with E-state index in [0.29, 0.717) is 6.42 Å². The summed E-state index contributed by atoms with van der Waals surface area (Å²) in [5, 5.41) is 22.7. The average molecular weight is 572 g/mol. The minimum absolute atomic E-state index is 0.0893. The fourth-order valence-corrected chi connectivity index (χ4v) is 4.60. The van der Waals surface area contributed by atoms with E-state index in [2.05, 4.69) is 67.8 Å². The summed E-state index contributed by atoms with van der Waals surface area (Å²) in [6.45, 7) is 4.12. The van der Waals surface area contributed by atoms with Gasteiger partial charge >= 0.3 is 0 Å². The molecule has 4 nitrogen and oxygen atoms in total. The van der Waals surface area contributed by atoms with Gasteiger partial charge in [0.1, 0.15) is 0 Å². The molecule has 0 saturated carbocycles. The largest absolute Gasteiger partial charge is 0.394 e. The summed E-state index contributed by atoms with van der Waals surface area (Å²) in [7, 11) is 0. The smallest absolute Gasteiger partial charge is 0.220 e. The average Bonchev–Trinajstić information content (AvgIpc) is 2.97. The molecule has 3 N–H and O–H groups in total. The SMILES string of the molecule is CC/C=C/CC/C=C/CC/C=C/C(O)C(CO)NC(=O)CCCCCCCCCCC/C=C\C/C=C\CCCCC. The highest BCUT2D eigenvalue weighted by Gasteiger charge is 2.17. The van der Waals surface area contributed by atoms with E-state index in [1.165, 1.54) is 77.0 Å². The number of aliphatic hydroxyl groups is 2. The first-order valence-corrected chi connectivity index (χ1v) is 17.0. The normalized spacial score (nSPS) is 14.0. The molecule has 0 radical (unpaired) electrons. The van der Waals surface area contributed by atoms with Crippen LogP contribution in [-0.4, -0.2) is 34.9 Å². The predicted molar refractivity (Wildman–Crippen MR) is 179 cm³/mol. The molecule has 0 aliphatic carbocycles. The highest BCUT2D eigenvalue weighted by atomic mass is 16.3. The lowest BCUT2D eigenvalue weighted by atomic mass is 10.1. The van der Waals surface area contributed by atoms with E-state index >= 15 is 0 Å². The zero-order chi connectivity index (χ0) is 30.1.